The minimum atomic E-state index is -0.324. The number of carbonyl (C=O) groups excluding carboxylic acids is 1. The van der Waals surface area contributed by atoms with Crippen molar-refractivity contribution in [3.63, 3.8) is 0 Å². The average Bonchev–Trinajstić information content (AvgIpc) is 3.20. The summed E-state index contributed by atoms with van der Waals surface area (Å²) in [5, 5.41) is 6.94. The molecule has 8 nitrogen and oxygen atoms in total. The second kappa shape index (κ2) is 9.01. The van der Waals surface area contributed by atoms with E-state index in [9.17, 15) is 4.79 Å². The summed E-state index contributed by atoms with van der Waals surface area (Å²) < 4.78 is 15.6. The van der Waals surface area contributed by atoms with Gasteiger partial charge in [-0.2, -0.15) is 4.98 Å². The lowest BCUT2D eigenvalue weighted by Gasteiger charge is -2.10. The number of benzene rings is 1. The molecule has 0 aliphatic heterocycles. The van der Waals surface area contributed by atoms with Gasteiger partial charge in [0.2, 0.25) is 17.6 Å². The summed E-state index contributed by atoms with van der Waals surface area (Å²) in [7, 11) is 3.02. The summed E-state index contributed by atoms with van der Waals surface area (Å²) in [6.07, 6.45) is 6.26. The molecule has 3 rings (SSSR count). The number of nitrogens with one attached hydrogen (secondary N) is 1. The van der Waals surface area contributed by atoms with Crippen LogP contribution >= 0.6 is 11.6 Å². The largest absolute Gasteiger partial charge is 0.493 e. The van der Waals surface area contributed by atoms with Crippen LogP contribution in [0.1, 0.15) is 11.5 Å². The quantitative estimate of drug-likeness (QED) is 0.608. The third-order valence-corrected chi connectivity index (χ3v) is 3.98. The SMILES string of the molecule is COc1cc(/C=C/C(=O)NCc2nc(-c3ccncc3)no2)cc(Cl)c1OC. The fourth-order valence-electron chi connectivity index (χ4n) is 2.37. The molecule has 1 N–H and O–H groups in total. The van der Waals surface area contributed by atoms with E-state index in [0.717, 1.165) is 5.56 Å². The fourth-order valence-corrected chi connectivity index (χ4v) is 2.67. The van der Waals surface area contributed by atoms with Crippen molar-refractivity contribution in [3.05, 3.63) is 59.2 Å². The number of pyridine rings is 1. The number of methoxy groups -OCH3 is 2. The molecular weight excluding hydrogens is 384 g/mol. The second-order valence-corrected chi connectivity index (χ2v) is 5.94. The number of amides is 1. The lowest BCUT2D eigenvalue weighted by atomic mass is 10.2. The molecule has 28 heavy (non-hydrogen) atoms. The van der Waals surface area contributed by atoms with Crippen LogP contribution in [-0.2, 0) is 11.3 Å². The minimum absolute atomic E-state index is 0.105. The van der Waals surface area contributed by atoms with E-state index >= 15 is 0 Å². The Balaban J connectivity index is 1.60. The van der Waals surface area contributed by atoms with Crippen molar-refractivity contribution < 1.29 is 18.8 Å². The van der Waals surface area contributed by atoms with Crippen molar-refractivity contribution in [1.29, 1.82) is 0 Å². The molecule has 0 fully saturated rings. The molecule has 144 valence electrons. The van der Waals surface area contributed by atoms with Crippen LogP contribution in [0.3, 0.4) is 0 Å². The average molecular weight is 401 g/mol. The topological polar surface area (TPSA) is 99.4 Å². The van der Waals surface area contributed by atoms with Crippen molar-refractivity contribution in [3.8, 4) is 22.9 Å². The maximum absolute atomic E-state index is 12.0. The van der Waals surface area contributed by atoms with Gasteiger partial charge in [0.25, 0.3) is 0 Å². The molecule has 0 unspecified atom stereocenters. The molecule has 0 aliphatic carbocycles. The van der Waals surface area contributed by atoms with Crippen molar-refractivity contribution in [2.24, 2.45) is 0 Å². The van der Waals surface area contributed by atoms with Crippen LogP contribution in [0.15, 0.2) is 47.3 Å². The molecule has 2 heterocycles. The summed E-state index contributed by atoms with van der Waals surface area (Å²) in [5.74, 6) is 1.32. The van der Waals surface area contributed by atoms with Gasteiger partial charge in [0.15, 0.2) is 11.5 Å². The van der Waals surface area contributed by atoms with Gasteiger partial charge in [0, 0.05) is 24.0 Å². The molecule has 0 spiro atoms. The summed E-state index contributed by atoms with van der Waals surface area (Å²) in [6.45, 7) is 0.105. The Labute approximate surface area is 166 Å². The van der Waals surface area contributed by atoms with E-state index in [4.69, 9.17) is 25.6 Å². The smallest absolute Gasteiger partial charge is 0.246 e. The number of nitrogens with zero attached hydrogens (tertiary/aromatic N) is 3. The van der Waals surface area contributed by atoms with E-state index in [1.807, 2.05) is 0 Å². The Morgan fingerprint density at radius 2 is 2.04 bits per heavy atom. The van der Waals surface area contributed by atoms with Crippen LogP contribution in [0.25, 0.3) is 17.5 Å². The van der Waals surface area contributed by atoms with Gasteiger partial charge in [-0.25, -0.2) is 0 Å². The molecule has 9 heteroatoms. The molecule has 0 radical (unpaired) electrons. The Morgan fingerprint density at radius 3 is 2.75 bits per heavy atom. The van der Waals surface area contributed by atoms with Gasteiger partial charge in [-0.15, -0.1) is 0 Å². The van der Waals surface area contributed by atoms with Crippen LogP contribution in [0.2, 0.25) is 5.02 Å². The molecule has 0 bridgehead atoms. The number of aromatic nitrogens is 3. The first-order chi connectivity index (χ1) is 13.6. The van der Waals surface area contributed by atoms with Gasteiger partial charge in [-0.1, -0.05) is 16.8 Å². The zero-order chi connectivity index (χ0) is 19.9. The molecule has 0 aliphatic rings. The van der Waals surface area contributed by atoms with Gasteiger partial charge in [0.1, 0.15) is 0 Å². The number of hydrogen-bond donors (Lipinski definition) is 1. The van der Waals surface area contributed by atoms with E-state index in [1.54, 1.807) is 42.7 Å². The predicted octanol–water partition coefficient (Wildman–Crippen LogP) is 3.13. The predicted molar refractivity (Wildman–Crippen MR) is 103 cm³/mol. The van der Waals surface area contributed by atoms with Gasteiger partial charge < -0.3 is 19.3 Å². The van der Waals surface area contributed by atoms with E-state index in [1.165, 1.54) is 20.3 Å². The summed E-state index contributed by atoms with van der Waals surface area (Å²) in [4.78, 5) is 20.2. The highest BCUT2D eigenvalue weighted by Crippen LogP contribution is 2.36. The van der Waals surface area contributed by atoms with Crippen LogP contribution in [-0.4, -0.2) is 35.3 Å². The van der Waals surface area contributed by atoms with Crippen LogP contribution in [0, 0.1) is 0 Å². The molecular formula is C19H17ClN4O4. The highest BCUT2D eigenvalue weighted by molar-refractivity contribution is 6.32. The zero-order valence-corrected chi connectivity index (χ0v) is 15.9. The van der Waals surface area contributed by atoms with E-state index in [0.29, 0.717) is 33.8 Å². The Bertz CT molecular complexity index is 989. The van der Waals surface area contributed by atoms with Gasteiger partial charge in [-0.05, 0) is 35.9 Å². The van der Waals surface area contributed by atoms with Gasteiger partial charge in [0.05, 0.1) is 25.8 Å². The first-order valence-electron chi connectivity index (χ1n) is 8.21. The maximum atomic E-state index is 12.0. The maximum Gasteiger partial charge on any atom is 0.246 e. The van der Waals surface area contributed by atoms with Crippen molar-refractivity contribution in [2.45, 2.75) is 6.54 Å². The number of rotatable bonds is 7. The van der Waals surface area contributed by atoms with Crippen molar-refractivity contribution in [1.82, 2.24) is 20.4 Å². The lowest BCUT2D eigenvalue weighted by molar-refractivity contribution is -0.116. The van der Waals surface area contributed by atoms with Gasteiger partial charge >= 0.3 is 0 Å². The Morgan fingerprint density at radius 1 is 1.25 bits per heavy atom. The Kier molecular flexibility index (Phi) is 6.23. The number of hydrogen-bond acceptors (Lipinski definition) is 7. The molecule has 0 saturated heterocycles. The molecule has 0 atom stereocenters. The summed E-state index contributed by atoms with van der Waals surface area (Å²) >= 11 is 6.15. The first kappa shape index (κ1) is 19.4. The molecule has 1 amide bonds. The first-order valence-corrected chi connectivity index (χ1v) is 8.59. The molecule has 3 aromatic rings. The van der Waals surface area contributed by atoms with Crippen LogP contribution < -0.4 is 14.8 Å². The molecule has 0 saturated carbocycles. The zero-order valence-electron chi connectivity index (χ0n) is 15.2. The fraction of sp³-hybridized carbons (Fsp3) is 0.158. The van der Waals surface area contributed by atoms with Crippen LogP contribution in [0.4, 0.5) is 0 Å². The Hall–Kier alpha value is -3.39. The monoisotopic (exact) mass is 400 g/mol. The number of halogens is 1. The van der Waals surface area contributed by atoms with Crippen molar-refractivity contribution in [2.75, 3.05) is 14.2 Å². The standard InChI is InChI=1S/C19H17ClN4O4/c1-26-15-10-12(9-14(20)18(15)27-2)3-4-16(25)22-11-17-23-19(24-28-17)13-5-7-21-8-6-13/h3-10H,11H2,1-2H3,(H,22,25)/b4-3+. The minimum Gasteiger partial charge on any atom is -0.493 e. The number of carbonyl (C=O) groups is 1. The lowest BCUT2D eigenvalue weighted by Crippen LogP contribution is -2.20. The van der Waals surface area contributed by atoms with E-state index in [2.05, 4.69) is 20.4 Å². The molecule has 1 aromatic carbocycles. The summed E-state index contributed by atoms with van der Waals surface area (Å²) in [6, 6.07) is 6.92. The molecule has 2 aromatic heterocycles. The normalized spacial score (nSPS) is 10.8. The second-order valence-electron chi connectivity index (χ2n) is 5.54. The highest BCUT2D eigenvalue weighted by atomic mass is 35.5. The van der Waals surface area contributed by atoms with Crippen molar-refractivity contribution >= 4 is 23.6 Å². The third-order valence-electron chi connectivity index (χ3n) is 3.70. The third kappa shape index (κ3) is 4.66. The highest BCUT2D eigenvalue weighted by Gasteiger charge is 2.11. The number of ether oxygens (including phenoxy) is 2. The van der Waals surface area contributed by atoms with E-state index in [-0.39, 0.29) is 12.5 Å². The van der Waals surface area contributed by atoms with Crippen LogP contribution in [0.5, 0.6) is 11.5 Å². The van der Waals surface area contributed by atoms with E-state index < -0.39 is 0 Å². The summed E-state index contributed by atoms with van der Waals surface area (Å²) in [5.41, 5.74) is 1.47. The van der Waals surface area contributed by atoms with Gasteiger partial charge in [-0.3, -0.25) is 9.78 Å².